The van der Waals surface area contributed by atoms with Crippen molar-refractivity contribution in [3.8, 4) is 0 Å². The molecule has 2 rings (SSSR count). The number of fused-ring (bicyclic) bond motifs is 1. The summed E-state index contributed by atoms with van der Waals surface area (Å²) in [4.78, 5) is 2.19. The Balaban J connectivity index is 2.02. The molecule has 2 fully saturated rings. The quantitative estimate of drug-likeness (QED) is 0.490. The number of hydrogen-bond donors (Lipinski definition) is 2. The second-order valence-corrected chi connectivity index (χ2v) is 3.58. The molecule has 3 heteroatoms. The van der Waals surface area contributed by atoms with Crippen molar-refractivity contribution in [2.75, 3.05) is 26.7 Å². The van der Waals surface area contributed by atoms with Gasteiger partial charge in [-0.1, -0.05) is 0 Å². The smallest absolute Gasteiger partial charge is 0.0966 e. The lowest BCUT2D eigenvalue weighted by Crippen LogP contribution is -2.31. The second kappa shape index (κ2) is 1.72. The van der Waals surface area contributed by atoms with Gasteiger partial charge in [-0.05, 0) is 7.05 Å². The minimum atomic E-state index is -0.702. The van der Waals surface area contributed by atoms with E-state index in [9.17, 15) is 5.11 Å². The van der Waals surface area contributed by atoms with Crippen LogP contribution in [0.15, 0.2) is 0 Å². The zero-order valence-corrected chi connectivity index (χ0v) is 6.12. The van der Waals surface area contributed by atoms with E-state index < -0.39 is 5.60 Å². The summed E-state index contributed by atoms with van der Waals surface area (Å²) in [6, 6.07) is 0. The molecule has 0 bridgehead atoms. The molecule has 2 atom stereocenters. The van der Waals surface area contributed by atoms with E-state index in [1.807, 2.05) is 7.05 Å². The van der Waals surface area contributed by atoms with E-state index in [-0.39, 0.29) is 6.61 Å². The van der Waals surface area contributed by atoms with Crippen LogP contribution in [0.1, 0.15) is 0 Å². The molecule has 1 heterocycles. The van der Waals surface area contributed by atoms with E-state index in [4.69, 9.17) is 5.11 Å². The molecule has 1 saturated heterocycles. The molecule has 0 amide bonds. The van der Waals surface area contributed by atoms with Gasteiger partial charge in [-0.3, -0.25) is 0 Å². The van der Waals surface area contributed by atoms with Crippen LogP contribution in [0.2, 0.25) is 0 Å². The van der Waals surface area contributed by atoms with Gasteiger partial charge in [0.1, 0.15) is 0 Å². The number of rotatable bonds is 1. The van der Waals surface area contributed by atoms with Gasteiger partial charge in [-0.2, -0.15) is 0 Å². The van der Waals surface area contributed by atoms with Gasteiger partial charge in [0, 0.05) is 24.9 Å². The predicted molar refractivity (Wildman–Crippen MR) is 36.5 cm³/mol. The van der Waals surface area contributed by atoms with Crippen LogP contribution in [0.4, 0.5) is 0 Å². The Morgan fingerprint density at radius 3 is 2.40 bits per heavy atom. The average molecular weight is 143 g/mol. The summed E-state index contributed by atoms with van der Waals surface area (Å²) in [5.41, 5.74) is -0.702. The van der Waals surface area contributed by atoms with E-state index in [0.717, 1.165) is 13.1 Å². The maximum atomic E-state index is 9.56. The molecule has 2 unspecified atom stereocenters. The molecule has 0 aromatic heterocycles. The van der Waals surface area contributed by atoms with Gasteiger partial charge >= 0.3 is 0 Å². The molecular formula is C7H13NO2. The summed E-state index contributed by atoms with van der Waals surface area (Å²) in [6.07, 6.45) is 0. The van der Waals surface area contributed by atoms with Crippen LogP contribution in [-0.2, 0) is 0 Å². The van der Waals surface area contributed by atoms with Crippen LogP contribution in [-0.4, -0.2) is 47.5 Å². The van der Waals surface area contributed by atoms with E-state index in [2.05, 4.69) is 4.90 Å². The van der Waals surface area contributed by atoms with Gasteiger partial charge in [0.25, 0.3) is 0 Å². The number of piperidine rings is 1. The van der Waals surface area contributed by atoms with Crippen molar-refractivity contribution in [3.05, 3.63) is 0 Å². The number of hydrogen-bond acceptors (Lipinski definition) is 3. The minimum Gasteiger partial charge on any atom is -0.393 e. The molecule has 0 radical (unpaired) electrons. The van der Waals surface area contributed by atoms with Crippen LogP contribution in [0, 0.1) is 11.8 Å². The highest BCUT2D eigenvalue weighted by Gasteiger charge is 2.66. The standard InChI is InChI=1S/C7H13NO2/c1-8-2-5-6(3-8)7(5,10)4-9/h5-6,9-10H,2-4H2,1H3. The Kier molecular flexibility index (Phi) is 1.14. The van der Waals surface area contributed by atoms with Crippen molar-refractivity contribution >= 4 is 0 Å². The number of aliphatic hydroxyl groups is 2. The van der Waals surface area contributed by atoms with Crippen molar-refractivity contribution in [2.24, 2.45) is 11.8 Å². The lowest BCUT2D eigenvalue weighted by atomic mass is 10.2. The van der Waals surface area contributed by atoms with Crippen molar-refractivity contribution in [2.45, 2.75) is 5.60 Å². The van der Waals surface area contributed by atoms with Crippen molar-refractivity contribution in [3.63, 3.8) is 0 Å². The van der Waals surface area contributed by atoms with Crippen LogP contribution in [0.25, 0.3) is 0 Å². The van der Waals surface area contributed by atoms with Crippen LogP contribution < -0.4 is 0 Å². The molecule has 1 aliphatic carbocycles. The normalized spacial score (nSPS) is 53.1. The molecule has 1 aliphatic heterocycles. The fourth-order valence-corrected chi connectivity index (χ4v) is 2.14. The van der Waals surface area contributed by atoms with E-state index in [1.54, 1.807) is 0 Å². The van der Waals surface area contributed by atoms with Gasteiger partial charge in [0.05, 0.1) is 12.2 Å². The number of nitrogens with zero attached hydrogens (tertiary/aromatic N) is 1. The summed E-state index contributed by atoms with van der Waals surface area (Å²) in [5.74, 6) is 0.699. The monoisotopic (exact) mass is 143 g/mol. The predicted octanol–water partition coefficient (Wildman–Crippen LogP) is -1.10. The maximum absolute atomic E-state index is 9.56. The van der Waals surface area contributed by atoms with Gasteiger partial charge in [-0.15, -0.1) is 0 Å². The summed E-state index contributed by atoms with van der Waals surface area (Å²) in [5, 5.41) is 18.3. The first-order chi connectivity index (χ1) is 4.68. The zero-order chi connectivity index (χ0) is 7.35. The topological polar surface area (TPSA) is 43.7 Å². The molecule has 3 nitrogen and oxygen atoms in total. The Morgan fingerprint density at radius 2 is 2.00 bits per heavy atom. The summed E-state index contributed by atoms with van der Waals surface area (Å²) in [6.45, 7) is 1.83. The third-order valence-corrected chi connectivity index (χ3v) is 2.93. The second-order valence-electron chi connectivity index (χ2n) is 3.58. The molecule has 1 saturated carbocycles. The minimum absolute atomic E-state index is 0.0594. The first-order valence-corrected chi connectivity index (χ1v) is 3.70. The van der Waals surface area contributed by atoms with Crippen molar-refractivity contribution in [1.29, 1.82) is 0 Å². The highest BCUT2D eigenvalue weighted by atomic mass is 16.3. The molecule has 58 valence electrons. The van der Waals surface area contributed by atoms with Gasteiger partial charge in [-0.25, -0.2) is 0 Å². The first-order valence-electron chi connectivity index (χ1n) is 3.70. The molecule has 2 aliphatic rings. The van der Waals surface area contributed by atoms with Gasteiger partial charge in [0.2, 0.25) is 0 Å². The van der Waals surface area contributed by atoms with E-state index >= 15 is 0 Å². The third kappa shape index (κ3) is 0.603. The van der Waals surface area contributed by atoms with E-state index in [0.29, 0.717) is 11.8 Å². The van der Waals surface area contributed by atoms with Crippen LogP contribution >= 0.6 is 0 Å². The number of likely N-dealkylation sites (tertiary alicyclic amines) is 1. The molecule has 2 N–H and O–H groups in total. The summed E-state index contributed by atoms with van der Waals surface area (Å²) < 4.78 is 0. The fraction of sp³-hybridized carbons (Fsp3) is 1.00. The SMILES string of the molecule is CN1CC2C(C1)C2(O)CO. The highest BCUT2D eigenvalue weighted by Crippen LogP contribution is 2.54. The molecular weight excluding hydrogens is 130 g/mol. The lowest BCUT2D eigenvalue weighted by Gasteiger charge is -2.16. The van der Waals surface area contributed by atoms with Crippen molar-refractivity contribution in [1.82, 2.24) is 4.90 Å². The maximum Gasteiger partial charge on any atom is 0.0966 e. The Bertz CT molecular complexity index is 148. The first kappa shape index (κ1) is 6.58. The summed E-state index contributed by atoms with van der Waals surface area (Å²) >= 11 is 0. The molecule has 10 heavy (non-hydrogen) atoms. The molecule has 0 spiro atoms. The average Bonchev–Trinajstić information content (AvgIpc) is 2.28. The highest BCUT2D eigenvalue weighted by molar-refractivity contribution is 5.17. The summed E-state index contributed by atoms with van der Waals surface area (Å²) in [7, 11) is 2.05. The lowest BCUT2D eigenvalue weighted by molar-refractivity contribution is 0.0317. The Hall–Kier alpha value is -0.120. The largest absolute Gasteiger partial charge is 0.393 e. The van der Waals surface area contributed by atoms with Crippen molar-refractivity contribution < 1.29 is 10.2 Å². The van der Waals surface area contributed by atoms with Gasteiger partial charge < -0.3 is 15.1 Å². The fourth-order valence-electron chi connectivity index (χ4n) is 2.14. The van der Waals surface area contributed by atoms with E-state index in [1.165, 1.54) is 0 Å². The Labute approximate surface area is 60.3 Å². The third-order valence-electron chi connectivity index (χ3n) is 2.93. The van der Waals surface area contributed by atoms with Crippen LogP contribution in [0.3, 0.4) is 0 Å². The zero-order valence-electron chi connectivity index (χ0n) is 6.12. The molecule has 0 aromatic rings. The molecule has 0 aromatic carbocycles. The van der Waals surface area contributed by atoms with Crippen LogP contribution in [0.5, 0.6) is 0 Å². The number of aliphatic hydroxyl groups excluding tert-OH is 1. The Morgan fingerprint density at radius 1 is 1.50 bits per heavy atom. The van der Waals surface area contributed by atoms with Gasteiger partial charge in [0.15, 0.2) is 0 Å².